The van der Waals surface area contributed by atoms with Gasteiger partial charge in [-0.2, -0.15) is 0 Å². The number of alkyl carbamates (subject to hydrolysis) is 1. The Bertz CT molecular complexity index is 601. The topological polar surface area (TPSA) is 81.7 Å². The van der Waals surface area contributed by atoms with Gasteiger partial charge in [-0.05, 0) is 39.7 Å². The average molecular weight is 349 g/mol. The van der Waals surface area contributed by atoms with Crippen molar-refractivity contribution >= 4 is 17.8 Å². The fourth-order valence-electron chi connectivity index (χ4n) is 2.03. The van der Waals surface area contributed by atoms with E-state index in [1.165, 1.54) is 6.92 Å². The molecule has 0 aliphatic heterocycles. The molecule has 1 atom stereocenters. The summed E-state index contributed by atoms with van der Waals surface area (Å²) in [6.45, 7) is 8.91. The van der Waals surface area contributed by atoms with Crippen molar-refractivity contribution in [1.29, 1.82) is 0 Å². The summed E-state index contributed by atoms with van der Waals surface area (Å²) in [6.07, 6.45) is -0.614. The van der Waals surface area contributed by atoms with Crippen LogP contribution >= 0.6 is 0 Å². The van der Waals surface area contributed by atoms with E-state index in [9.17, 15) is 14.4 Å². The molecule has 0 aliphatic rings. The van der Waals surface area contributed by atoms with Crippen LogP contribution in [0.5, 0.6) is 0 Å². The van der Waals surface area contributed by atoms with E-state index in [-0.39, 0.29) is 18.7 Å². The summed E-state index contributed by atoms with van der Waals surface area (Å²) in [6, 6.07) is 7.23. The molecule has 6 heteroatoms. The summed E-state index contributed by atoms with van der Waals surface area (Å²) in [5, 5.41) is 2.47. The van der Waals surface area contributed by atoms with Crippen LogP contribution in [0.2, 0.25) is 0 Å². The number of Topliss-reactive ketones (excluding diaryl/α,β-unsaturated/α-hetero) is 1. The van der Waals surface area contributed by atoms with Crippen LogP contribution in [0.25, 0.3) is 0 Å². The van der Waals surface area contributed by atoms with Crippen molar-refractivity contribution in [3.05, 3.63) is 35.4 Å². The van der Waals surface area contributed by atoms with Crippen LogP contribution < -0.4 is 5.32 Å². The molecule has 1 aromatic carbocycles. The monoisotopic (exact) mass is 349 g/mol. The van der Waals surface area contributed by atoms with Gasteiger partial charge < -0.3 is 14.8 Å². The number of carbonyl (C=O) groups excluding carboxylic acids is 3. The van der Waals surface area contributed by atoms with E-state index in [4.69, 9.17) is 9.47 Å². The van der Waals surface area contributed by atoms with Crippen molar-refractivity contribution < 1.29 is 23.9 Å². The number of nitrogens with one attached hydrogen (secondary N) is 1. The Balaban J connectivity index is 2.40. The van der Waals surface area contributed by atoms with Crippen LogP contribution in [0.3, 0.4) is 0 Å². The zero-order valence-electron chi connectivity index (χ0n) is 15.5. The van der Waals surface area contributed by atoms with Gasteiger partial charge in [0, 0.05) is 12.1 Å². The van der Waals surface area contributed by atoms with Gasteiger partial charge in [0.2, 0.25) is 5.78 Å². The molecule has 0 unspecified atom stereocenters. The number of amides is 1. The molecule has 0 saturated heterocycles. The van der Waals surface area contributed by atoms with Crippen LogP contribution in [-0.4, -0.2) is 36.1 Å². The molecule has 25 heavy (non-hydrogen) atoms. The minimum Gasteiger partial charge on any atom is -0.454 e. The van der Waals surface area contributed by atoms with Gasteiger partial charge in [-0.1, -0.05) is 31.2 Å². The van der Waals surface area contributed by atoms with E-state index in [0.717, 1.165) is 12.0 Å². The Labute approximate surface area is 148 Å². The Morgan fingerprint density at radius 2 is 1.72 bits per heavy atom. The van der Waals surface area contributed by atoms with Gasteiger partial charge in [0.25, 0.3) is 0 Å². The molecule has 6 nitrogen and oxygen atoms in total. The molecule has 0 bridgehead atoms. The Hall–Kier alpha value is -2.37. The SMILES string of the molecule is CCc1ccc(C(=O)[C@H](C)OC(=O)CCNC(=O)OC(C)(C)C)cc1. The lowest BCUT2D eigenvalue weighted by Gasteiger charge is -2.19. The molecule has 0 aliphatic carbocycles. The number of hydrogen-bond acceptors (Lipinski definition) is 5. The standard InChI is InChI=1S/C19H27NO5/c1-6-14-7-9-15(10-8-14)17(22)13(2)24-16(21)11-12-20-18(23)25-19(3,4)5/h7-10,13H,6,11-12H2,1-5H3,(H,20,23)/t13-/m0/s1. The minimum absolute atomic E-state index is 0.0361. The third kappa shape index (κ3) is 7.83. The second-order valence-corrected chi connectivity index (χ2v) is 6.73. The second kappa shape index (κ2) is 9.20. The van der Waals surface area contributed by atoms with E-state index in [1.54, 1.807) is 32.9 Å². The smallest absolute Gasteiger partial charge is 0.407 e. The Morgan fingerprint density at radius 1 is 1.12 bits per heavy atom. The summed E-state index contributed by atoms with van der Waals surface area (Å²) < 4.78 is 10.2. The molecule has 138 valence electrons. The molecule has 0 fully saturated rings. The van der Waals surface area contributed by atoms with E-state index in [0.29, 0.717) is 5.56 Å². The Kier molecular flexibility index (Phi) is 7.61. The zero-order valence-corrected chi connectivity index (χ0v) is 15.5. The quantitative estimate of drug-likeness (QED) is 0.603. The molecule has 1 N–H and O–H groups in total. The molecule has 1 aromatic rings. The fourth-order valence-corrected chi connectivity index (χ4v) is 2.03. The van der Waals surface area contributed by atoms with Crippen molar-refractivity contribution in [1.82, 2.24) is 5.32 Å². The number of ketones is 1. The summed E-state index contributed by atoms with van der Waals surface area (Å²) in [5.41, 5.74) is 1.04. The maximum atomic E-state index is 12.3. The van der Waals surface area contributed by atoms with Crippen molar-refractivity contribution in [2.24, 2.45) is 0 Å². The van der Waals surface area contributed by atoms with Gasteiger partial charge in [0.1, 0.15) is 5.60 Å². The second-order valence-electron chi connectivity index (χ2n) is 6.73. The normalized spacial score (nSPS) is 12.2. The highest BCUT2D eigenvalue weighted by atomic mass is 16.6. The molecule has 1 rings (SSSR count). The minimum atomic E-state index is -0.874. The number of rotatable bonds is 7. The van der Waals surface area contributed by atoms with Crippen LogP contribution in [0.1, 0.15) is 57.0 Å². The van der Waals surface area contributed by atoms with E-state index >= 15 is 0 Å². The summed E-state index contributed by atoms with van der Waals surface area (Å²) in [4.78, 5) is 35.5. The van der Waals surface area contributed by atoms with Gasteiger partial charge >= 0.3 is 12.1 Å². The summed E-state index contributed by atoms with van der Waals surface area (Å²) in [5.74, 6) is -0.807. The largest absolute Gasteiger partial charge is 0.454 e. The van der Waals surface area contributed by atoms with Crippen molar-refractivity contribution in [3.8, 4) is 0 Å². The highest BCUT2D eigenvalue weighted by molar-refractivity contribution is 6.00. The third-order valence-corrected chi connectivity index (χ3v) is 3.32. The van der Waals surface area contributed by atoms with E-state index in [2.05, 4.69) is 5.32 Å². The molecule has 0 saturated carbocycles. The summed E-state index contributed by atoms with van der Waals surface area (Å²) >= 11 is 0. The van der Waals surface area contributed by atoms with Crippen LogP contribution in [0.4, 0.5) is 4.79 Å². The van der Waals surface area contributed by atoms with Crippen LogP contribution in [0, 0.1) is 0 Å². The summed E-state index contributed by atoms with van der Waals surface area (Å²) in [7, 11) is 0. The fraction of sp³-hybridized carbons (Fsp3) is 0.526. The van der Waals surface area contributed by atoms with Crippen molar-refractivity contribution in [3.63, 3.8) is 0 Å². The lowest BCUT2D eigenvalue weighted by molar-refractivity contribution is -0.146. The lowest BCUT2D eigenvalue weighted by Crippen LogP contribution is -2.34. The first-order chi connectivity index (χ1) is 11.6. The van der Waals surface area contributed by atoms with Gasteiger partial charge in [-0.3, -0.25) is 9.59 Å². The molecular weight excluding hydrogens is 322 g/mol. The number of hydrogen-bond donors (Lipinski definition) is 1. The van der Waals surface area contributed by atoms with Gasteiger partial charge in [-0.15, -0.1) is 0 Å². The first-order valence-corrected chi connectivity index (χ1v) is 8.42. The first-order valence-electron chi connectivity index (χ1n) is 8.42. The highest BCUT2D eigenvalue weighted by Crippen LogP contribution is 2.10. The molecule has 1 amide bonds. The predicted molar refractivity (Wildman–Crippen MR) is 94.6 cm³/mol. The van der Waals surface area contributed by atoms with Gasteiger partial charge in [-0.25, -0.2) is 4.79 Å². The van der Waals surface area contributed by atoms with Crippen LogP contribution in [-0.2, 0) is 20.7 Å². The Morgan fingerprint density at radius 3 is 2.24 bits per heavy atom. The number of aryl methyl sites for hydroxylation is 1. The maximum absolute atomic E-state index is 12.3. The zero-order chi connectivity index (χ0) is 19.0. The third-order valence-electron chi connectivity index (χ3n) is 3.32. The number of esters is 1. The number of benzene rings is 1. The van der Waals surface area contributed by atoms with Gasteiger partial charge in [0.15, 0.2) is 6.10 Å². The average Bonchev–Trinajstić information content (AvgIpc) is 2.52. The van der Waals surface area contributed by atoms with Crippen molar-refractivity contribution in [2.75, 3.05) is 6.54 Å². The van der Waals surface area contributed by atoms with Crippen molar-refractivity contribution in [2.45, 2.75) is 59.2 Å². The van der Waals surface area contributed by atoms with E-state index < -0.39 is 23.8 Å². The van der Waals surface area contributed by atoms with E-state index in [1.807, 2.05) is 19.1 Å². The molecule has 0 radical (unpaired) electrons. The van der Waals surface area contributed by atoms with Crippen LogP contribution in [0.15, 0.2) is 24.3 Å². The maximum Gasteiger partial charge on any atom is 0.407 e. The molecule has 0 heterocycles. The lowest BCUT2D eigenvalue weighted by atomic mass is 10.0. The van der Waals surface area contributed by atoms with Gasteiger partial charge in [0.05, 0.1) is 6.42 Å². The first kappa shape index (κ1) is 20.7. The molecular formula is C19H27NO5. The molecule has 0 spiro atoms. The molecule has 0 aromatic heterocycles. The number of carbonyl (C=O) groups is 3. The predicted octanol–water partition coefficient (Wildman–Crippen LogP) is 3.28. The number of ether oxygens (including phenoxy) is 2. The highest BCUT2D eigenvalue weighted by Gasteiger charge is 2.20.